The molecular formula is C10H12N4O5S. The van der Waals surface area contributed by atoms with Crippen molar-refractivity contribution in [1.82, 2.24) is 20.6 Å². The van der Waals surface area contributed by atoms with Crippen molar-refractivity contribution < 1.29 is 22.3 Å². The van der Waals surface area contributed by atoms with Gasteiger partial charge in [-0.3, -0.25) is 10.2 Å². The van der Waals surface area contributed by atoms with E-state index in [1.165, 1.54) is 0 Å². The summed E-state index contributed by atoms with van der Waals surface area (Å²) in [5.41, 5.74) is 2.72. The third-order valence-corrected chi connectivity index (χ3v) is 2.77. The standard InChI is InChI=1S/C10H12N4O5S/c1-5-4-7(13-18-5)9-8(6(2)12-19-9)10(15)11-14-20(3,16)17/h4,14H,1-3H3,(H,11,15). The summed E-state index contributed by atoms with van der Waals surface area (Å²) in [6.07, 6.45) is 0.912. The van der Waals surface area contributed by atoms with Gasteiger partial charge in [-0.2, -0.15) is 0 Å². The minimum absolute atomic E-state index is 0.0782. The largest absolute Gasteiger partial charge is 0.361 e. The number of nitrogens with one attached hydrogen (secondary N) is 2. The predicted molar refractivity (Wildman–Crippen MR) is 66.9 cm³/mol. The molecule has 0 aromatic carbocycles. The lowest BCUT2D eigenvalue weighted by molar-refractivity contribution is 0.0945. The molecule has 0 aliphatic heterocycles. The monoisotopic (exact) mass is 300 g/mol. The molecule has 2 rings (SSSR count). The van der Waals surface area contributed by atoms with Crippen LogP contribution in [0.4, 0.5) is 0 Å². The SMILES string of the molecule is Cc1cc(-c2onc(C)c2C(=O)NNS(C)(=O)=O)no1. The molecule has 2 aromatic rings. The topological polar surface area (TPSA) is 127 Å². The van der Waals surface area contributed by atoms with Gasteiger partial charge in [-0.1, -0.05) is 10.3 Å². The summed E-state index contributed by atoms with van der Waals surface area (Å²) in [6, 6.07) is 1.57. The Morgan fingerprint density at radius 1 is 1.25 bits per heavy atom. The minimum atomic E-state index is -3.56. The van der Waals surface area contributed by atoms with Gasteiger partial charge in [0.15, 0.2) is 5.69 Å². The average molecular weight is 300 g/mol. The molecule has 0 unspecified atom stereocenters. The van der Waals surface area contributed by atoms with Gasteiger partial charge < -0.3 is 9.05 Å². The lowest BCUT2D eigenvalue weighted by atomic mass is 10.1. The molecule has 108 valence electrons. The summed E-state index contributed by atoms with van der Waals surface area (Å²) in [5.74, 6) is -0.0633. The van der Waals surface area contributed by atoms with Crippen LogP contribution in [0.25, 0.3) is 11.5 Å². The van der Waals surface area contributed by atoms with E-state index in [9.17, 15) is 13.2 Å². The van der Waals surface area contributed by atoms with Crippen LogP contribution in [-0.4, -0.2) is 30.9 Å². The number of amides is 1. The van der Waals surface area contributed by atoms with Gasteiger partial charge in [-0.05, 0) is 13.8 Å². The van der Waals surface area contributed by atoms with Crippen LogP contribution in [0, 0.1) is 13.8 Å². The first-order chi connectivity index (χ1) is 9.28. The van der Waals surface area contributed by atoms with Crippen LogP contribution in [0.5, 0.6) is 0 Å². The maximum Gasteiger partial charge on any atom is 0.272 e. The molecule has 9 nitrogen and oxygen atoms in total. The van der Waals surface area contributed by atoms with E-state index in [2.05, 4.69) is 10.3 Å². The maximum absolute atomic E-state index is 12.0. The highest BCUT2D eigenvalue weighted by Gasteiger charge is 2.24. The van der Waals surface area contributed by atoms with Crippen LogP contribution >= 0.6 is 0 Å². The fourth-order valence-electron chi connectivity index (χ4n) is 1.49. The van der Waals surface area contributed by atoms with E-state index in [4.69, 9.17) is 9.05 Å². The number of rotatable bonds is 4. The number of aromatic nitrogens is 2. The summed E-state index contributed by atoms with van der Waals surface area (Å²) in [7, 11) is -3.56. The Morgan fingerprint density at radius 2 is 1.95 bits per heavy atom. The van der Waals surface area contributed by atoms with E-state index in [-0.39, 0.29) is 11.3 Å². The van der Waals surface area contributed by atoms with E-state index in [1.807, 2.05) is 10.3 Å². The Labute approximate surface area is 114 Å². The zero-order valence-electron chi connectivity index (χ0n) is 10.9. The van der Waals surface area contributed by atoms with Crippen molar-refractivity contribution in [3.63, 3.8) is 0 Å². The Kier molecular flexibility index (Phi) is 3.59. The van der Waals surface area contributed by atoms with Crippen molar-refractivity contribution in [2.24, 2.45) is 0 Å². The zero-order valence-corrected chi connectivity index (χ0v) is 11.7. The molecule has 2 heterocycles. The molecule has 0 saturated carbocycles. The second-order valence-electron chi connectivity index (χ2n) is 4.12. The predicted octanol–water partition coefficient (Wildman–Crippen LogP) is 0.140. The number of hydrogen-bond acceptors (Lipinski definition) is 7. The van der Waals surface area contributed by atoms with Gasteiger partial charge >= 0.3 is 0 Å². The molecule has 0 atom stereocenters. The number of sulfonamides is 1. The van der Waals surface area contributed by atoms with Crippen molar-refractivity contribution in [2.75, 3.05) is 6.26 Å². The molecule has 0 saturated heterocycles. The number of hydrazine groups is 1. The number of nitrogens with zero attached hydrogens (tertiary/aromatic N) is 2. The minimum Gasteiger partial charge on any atom is -0.361 e. The first kappa shape index (κ1) is 14.2. The molecule has 0 fully saturated rings. The second kappa shape index (κ2) is 5.06. The Balaban J connectivity index is 2.32. The smallest absolute Gasteiger partial charge is 0.272 e. The van der Waals surface area contributed by atoms with Crippen LogP contribution in [-0.2, 0) is 10.0 Å². The molecule has 2 N–H and O–H groups in total. The number of carbonyl (C=O) groups is 1. The fraction of sp³-hybridized carbons (Fsp3) is 0.300. The lowest BCUT2D eigenvalue weighted by Crippen LogP contribution is -2.41. The quantitative estimate of drug-likeness (QED) is 0.769. The molecular weight excluding hydrogens is 288 g/mol. The summed E-state index contributed by atoms with van der Waals surface area (Å²) in [6.45, 7) is 3.24. The van der Waals surface area contributed by atoms with Gasteiger partial charge in [-0.15, -0.1) is 4.83 Å². The van der Waals surface area contributed by atoms with E-state index in [1.54, 1.807) is 19.9 Å². The van der Waals surface area contributed by atoms with Crippen molar-refractivity contribution in [3.05, 3.63) is 23.1 Å². The molecule has 0 spiro atoms. The van der Waals surface area contributed by atoms with Crippen molar-refractivity contribution >= 4 is 15.9 Å². The lowest BCUT2D eigenvalue weighted by Gasteiger charge is -2.04. The van der Waals surface area contributed by atoms with Crippen LogP contribution in [0.3, 0.4) is 0 Å². The van der Waals surface area contributed by atoms with Gasteiger partial charge in [0.1, 0.15) is 11.3 Å². The molecule has 0 radical (unpaired) electrons. The highest BCUT2D eigenvalue weighted by atomic mass is 32.2. The fourth-order valence-corrected chi connectivity index (χ4v) is 1.77. The van der Waals surface area contributed by atoms with Gasteiger partial charge in [0, 0.05) is 6.07 Å². The molecule has 0 aliphatic rings. The number of carbonyl (C=O) groups excluding carboxylic acids is 1. The Bertz CT molecular complexity index is 746. The van der Waals surface area contributed by atoms with E-state index < -0.39 is 15.9 Å². The van der Waals surface area contributed by atoms with E-state index in [0.29, 0.717) is 17.1 Å². The van der Waals surface area contributed by atoms with Crippen LogP contribution < -0.4 is 10.3 Å². The Morgan fingerprint density at radius 3 is 2.50 bits per heavy atom. The molecule has 1 amide bonds. The van der Waals surface area contributed by atoms with Gasteiger partial charge in [0.25, 0.3) is 5.91 Å². The van der Waals surface area contributed by atoms with Gasteiger partial charge in [0.05, 0.1) is 11.9 Å². The van der Waals surface area contributed by atoms with E-state index >= 15 is 0 Å². The van der Waals surface area contributed by atoms with Crippen molar-refractivity contribution in [2.45, 2.75) is 13.8 Å². The van der Waals surface area contributed by atoms with Crippen molar-refractivity contribution in [1.29, 1.82) is 0 Å². The molecule has 0 aliphatic carbocycles. The number of aryl methyl sites for hydroxylation is 2. The summed E-state index contributed by atoms with van der Waals surface area (Å²) in [5, 5.41) is 7.40. The maximum atomic E-state index is 12.0. The Hall–Kier alpha value is -2.20. The first-order valence-electron chi connectivity index (χ1n) is 5.45. The average Bonchev–Trinajstić information content (AvgIpc) is 2.91. The highest BCUT2D eigenvalue weighted by molar-refractivity contribution is 7.88. The zero-order chi connectivity index (χ0) is 14.9. The highest BCUT2D eigenvalue weighted by Crippen LogP contribution is 2.25. The molecule has 20 heavy (non-hydrogen) atoms. The van der Waals surface area contributed by atoms with Crippen LogP contribution in [0.2, 0.25) is 0 Å². The summed E-state index contributed by atoms with van der Waals surface area (Å²) in [4.78, 5) is 13.9. The molecule has 2 aromatic heterocycles. The second-order valence-corrected chi connectivity index (χ2v) is 5.87. The summed E-state index contributed by atoms with van der Waals surface area (Å²) >= 11 is 0. The third-order valence-electron chi connectivity index (χ3n) is 2.30. The number of hydrogen-bond donors (Lipinski definition) is 2. The third kappa shape index (κ3) is 3.03. The van der Waals surface area contributed by atoms with Gasteiger partial charge in [0.2, 0.25) is 15.8 Å². The van der Waals surface area contributed by atoms with Gasteiger partial charge in [-0.25, -0.2) is 8.42 Å². The van der Waals surface area contributed by atoms with Crippen LogP contribution in [0.1, 0.15) is 21.8 Å². The summed E-state index contributed by atoms with van der Waals surface area (Å²) < 4.78 is 31.8. The van der Waals surface area contributed by atoms with E-state index in [0.717, 1.165) is 6.26 Å². The first-order valence-corrected chi connectivity index (χ1v) is 7.34. The van der Waals surface area contributed by atoms with Crippen LogP contribution in [0.15, 0.2) is 15.1 Å². The molecule has 0 bridgehead atoms. The van der Waals surface area contributed by atoms with Crippen molar-refractivity contribution in [3.8, 4) is 11.5 Å². The molecule has 10 heteroatoms. The normalized spacial score (nSPS) is 11.6.